The number of phenols is 1. The lowest BCUT2D eigenvalue weighted by Gasteiger charge is -2.15. The topological polar surface area (TPSA) is 69.6 Å². The summed E-state index contributed by atoms with van der Waals surface area (Å²) in [5.41, 5.74) is -0.689. The number of hydrogen-bond acceptors (Lipinski definition) is 3. The molecule has 0 aliphatic heterocycles. The number of anilines is 2. The second-order valence-corrected chi connectivity index (χ2v) is 5.37. The zero-order valence-electron chi connectivity index (χ0n) is 12.6. The van der Waals surface area contributed by atoms with Gasteiger partial charge in [-0.25, -0.2) is 4.79 Å². The lowest BCUT2D eigenvalue weighted by Crippen LogP contribution is -2.05. The molecule has 0 saturated heterocycles. The fourth-order valence-corrected chi connectivity index (χ4v) is 2.51. The first kappa shape index (κ1) is 16.6. The van der Waals surface area contributed by atoms with E-state index in [9.17, 15) is 28.2 Å². The van der Waals surface area contributed by atoms with Crippen molar-refractivity contribution in [1.82, 2.24) is 0 Å². The molecule has 7 heteroatoms. The number of hydrogen-bond donors (Lipinski definition) is 3. The monoisotopic (exact) mass is 347 g/mol. The van der Waals surface area contributed by atoms with Crippen molar-refractivity contribution < 1.29 is 28.2 Å². The first-order valence-electron chi connectivity index (χ1n) is 7.19. The van der Waals surface area contributed by atoms with Gasteiger partial charge in [-0.3, -0.25) is 0 Å². The van der Waals surface area contributed by atoms with Gasteiger partial charge in [-0.2, -0.15) is 13.2 Å². The van der Waals surface area contributed by atoms with Crippen LogP contribution in [0, 0.1) is 0 Å². The molecule has 0 saturated carbocycles. The van der Waals surface area contributed by atoms with Gasteiger partial charge in [0.1, 0.15) is 5.56 Å². The van der Waals surface area contributed by atoms with Crippen molar-refractivity contribution in [2.24, 2.45) is 0 Å². The van der Waals surface area contributed by atoms with E-state index < -0.39 is 23.5 Å². The second-order valence-electron chi connectivity index (χ2n) is 5.37. The third kappa shape index (κ3) is 3.21. The first-order chi connectivity index (χ1) is 11.8. The van der Waals surface area contributed by atoms with E-state index in [1.165, 1.54) is 18.2 Å². The smallest absolute Gasteiger partial charge is 0.416 e. The summed E-state index contributed by atoms with van der Waals surface area (Å²) < 4.78 is 37.9. The number of halogens is 3. The van der Waals surface area contributed by atoms with E-state index in [0.717, 1.165) is 12.1 Å². The highest BCUT2D eigenvalue weighted by atomic mass is 19.4. The Kier molecular flexibility index (Phi) is 4.00. The van der Waals surface area contributed by atoms with Gasteiger partial charge in [-0.05, 0) is 35.7 Å². The van der Waals surface area contributed by atoms with Crippen LogP contribution in [0.1, 0.15) is 15.9 Å². The number of benzene rings is 3. The summed E-state index contributed by atoms with van der Waals surface area (Å²) in [5.74, 6) is -1.79. The minimum atomic E-state index is -4.45. The number of aromatic carboxylic acids is 1. The second kappa shape index (κ2) is 6.01. The lowest BCUT2D eigenvalue weighted by atomic mass is 10.0. The first-order valence-corrected chi connectivity index (χ1v) is 7.19. The van der Waals surface area contributed by atoms with E-state index in [4.69, 9.17) is 0 Å². The molecule has 0 atom stereocenters. The van der Waals surface area contributed by atoms with Crippen molar-refractivity contribution in [3.8, 4) is 5.75 Å². The van der Waals surface area contributed by atoms with Gasteiger partial charge >= 0.3 is 12.1 Å². The Morgan fingerprint density at radius 2 is 1.64 bits per heavy atom. The van der Waals surface area contributed by atoms with Gasteiger partial charge < -0.3 is 15.5 Å². The van der Waals surface area contributed by atoms with Crippen LogP contribution in [0.5, 0.6) is 5.75 Å². The number of carboxylic acids is 1. The molecule has 3 N–H and O–H groups in total. The number of alkyl halides is 3. The summed E-state index contributed by atoms with van der Waals surface area (Å²) >= 11 is 0. The minimum absolute atomic E-state index is 0.121. The quantitative estimate of drug-likeness (QED) is 0.583. The molecule has 128 valence electrons. The molecule has 0 spiro atoms. The van der Waals surface area contributed by atoms with Crippen LogP contribution < -0.4 is 5.32 Å². The van der Waals surface area contributed by atoms with Gasteiger partial charge in [-0.15, -0.1) is 0 Å². The Morgan fingerprint density at radius 1 is 1.00 bits per heavy atom. The van der Waals surface area contributed by atoms with E-state index in [1.54, 1.807) is 24.3 Å². The molecular weight excluding hydrogens is 335 g/mol. The summed E-state index contributed by atoms with van der Waals surface area (Å²) in [5, 5.41) is 23.4. The highest BCUT2D eigenvalue weighted by Crippen LogP contribution is 2.38. The van der Waals surface area contributed by atoms with Gasteiger partial charge in [0.05, 0.1) is 11.3 Å². The molecular formula is C18H12F3NO3. The molecule has 0 fully saturated rings. The molecule has 3 aromatic carbocycles. The summed E-state index contributed by atoms with van der Waals surface area (Å²) in [6.45, 7) is 0. The molecule has 0 aromatic heterocycles. The van der Waals surface area contributed by atoms with E-state index in [1.807, 2.05) is 0 Å². The summed E-state index contributed by atoms with van der Waals surface area (Å²) in [6, 6.07) is 12.4. The lowest BCUT2D eigenvalue weighted by molar-refractivity contribution is -0.137. The predicted octanol–water partition coefficient (Wildman–Crippen LogP) is 5.01. The van der Waals surface area contributed by atoms with Crippen LogP contribution in [0.3, 0.4) is 0 Å². The van der Waals surface area contributed by atoms with Gasteiger partial charge in [0.15, 0.2) is 5.75 Å². The number of carboxylic acid groups (broad SMARTS) is 1. The largest absolute Gasteiger partial charge is 0.505 e. The van der Waals surface area contributed by atoms with Crippen LogP contribution in [0.2, 0.25) is 0 Å². The van der Waals surface area contributed by atoms with Crippen molar-refractivity contribution in [3.63, 3.8) is 0 Å². The van der Waals surface area contributed by atoms with E-state index in [0.29, 0.717) is 10.8 Å². The molecule has 0 aliphatic rings. The third-order valence-electron chi connectivity index (χ3n) is 3.73. The van der Waals surface area contributed by atoms with Gasteiger partial charge in [0.25, 0.3) is 0 Å². The summed E-state index contributed by atoms with van der Waals surface area (Å²) in [6.07, 6.45) is -4.45. The molecule has 25 heavy (non-hydrogen) atoms. The minimum Gasteiger partial charge on any atom is -0.505 e. The van der Waals surface area contributed by atoms with Crippen LogP contribution in [0.25, 0.3) is 10.8 Å². The molecule has 0 bridgehead atoms. The van der Waals surface area contributed by atoms with E-state index >= 15 is 0 Å². The Bertz CT molecular complexity index is 950. The summed E-state index contributed by atoms with van der Waals surface area (Å²) in [4.78, 5) is 11.3. The maximum Gasteiger partial charge on any atom is 0.416 e. The van der Waals surface area contributed by atoms with Crippen molar-refractivity contribution in [3.05, 3.63) is 65.7 Å². The Morgan fingerprint density at radius 3 is 2.24 bits per heavy atom. The molecule has 0 unspecified atom stereocenters. The van der Waals surface area contributed by atoms with Crippen LogP contribution in [0.15, 0.2) is 54.6 Å². The van der Waals surface area contributed by atoms with Gasteiger partial charge in [-0.1, -0.05) is 24.3 Å². The molecule has 3 aromatic rings. The molecule has 0 amide bonds. The number of carbonyl (C=O) groups is 1. The Balaban J connectivity index is 2.09. The Labute approximate surface area is 140 Å². The number of fused-ring (bicyclic) bond motifs is 1. The highest BCUT2D eigenvalue weighted by Gasteiger charge is 2.30. The maximum atomic E-state index is 12.6. The van der Waals surface area contributed by atoms with E-state index in [2.05, 4.69) is 5.32 Å². The Hall–Kier alpha value is -3.22. The van der Waals surface area contributed by atoms with Crippen molar-refractivity contribution in [2.45, 2.75) is 6.18 Å². The average molecular weight is 347 g/mol. The molecule has 3 rings (SSSR count). The normalized spacial score (nSPS) is 11.5. The zero-order valence-corrected chi connectivity index (χ0v) is 12.6. The van der Waals surface area contributed by atoms with Crippen LogP contribution in [-0.2, 0) is 6.18 Å². The van der Waals surface area contributed by atoms with E-state index in [-0.39, 0.29) is 16.9 Å². The fourth-order valence-electron chi connectivity index (χ4n) is 2.51. The maximum absolute atomic E-state index is 12.6. The number of rotatable bonds is 3. The third-order valence-corrected chi connectivity index (χ3v) is 3.73. The SMILES string of the molecule is O=C(O)c1cc2ccccc2c(Nc2ccc(C(F)(F)F)cc2)c1O. The summed E-state index contributed by atoms with van der Waals surface area (Å²) in [7, 11) is 0. The van der Waals surface area contributed by atoms with Crippen LogP contribution in [0.4, 0.5) is 24.5 Å². The molecule has 4 nitrogen and oxygen atoms in total. The van der Waals surface area contributed by atoms with Gasteiger partial charge in [0, 0.05) is 11.1 Å². The number of nitrogens with one attached hydrogen (secondary N) is 1. The highest BCUT2D eigenvalue weighted by molar-refractivity contribution is 6.06. The average Bonchev–Trinajstić information content (AvgIpc) is 2.56. The fraction of sp³-hybridized carbons (Fsp3) is 0.0556. The van der Waals surface area contributed by atoms with Crippen molar-refractivity contribution >= 4 is 28.1 Å². The number of aromatic hydroxyl groups is 1. The van der Waals surface area contributed by atoms with Crippen LogP contribution in [-0.4, -0.2) is 16.2 Å². The van der Waals surface area contributed by atoms with Gasteiger partial charge in [0.2, 0.25) is 0 Å². The van der Waals surface area contributed by atoms with Crippen molar-refractivity contribution in [1.29, 1.82) is 0 Å². The van der Waals surface area contributed by atoms with Crippen LogP contribution >= 0.6 is 0 Å². The molecule has 0 aliphatic carbocycles. The predicted molar refractivity (Wildman–Crippen MR) is 87.3 cm³/mol. The zero-order chi connectivity index (χ0) is 18.2. The standard InChI is InChI=1S/C18H12F3NO3/c19-18(20,21)11-5-7-12(8-6-11)22-15-13-4-2-1-3-10(13)9-14(16(15)23)17(24)25/h1-9,22-23H,(H,24,25). The molecule has 0 heterocycles. The molecule has 0 radical (unpaired) electrons. The van der Waals surface area contributed by atoms with Crippen molar-refractivity contribution in [2.75, 3.05) is 5.32 Å².